The van der Waals surface area contributed by atoms with E-state index in [1.54, 1.807) is 17.0 Å². The highest BCUT2D eigenvalue weighted by Crippen LogP contribution is 2.24. The summed E-state index contributed by atoms with van der Waals surface area (Å²) in [6.07, 6.45) is 2.47. The summed E-state index contributed by atoms with van der Waals surface area (Å²) < 4.78 is 7.15. The lowest BCUT2D eigenvalue weighted by Gasteiger charge is -2.14. The Kier molecular flexibility index (Phi) is 4.74. The Morgan fingerprint density at radius 1 is 1.28 bits per heavy atom. The third-order valence-electron chi connectivity index (χ3n) is 4.29. The van der Waals surface area contributed by atoms with Crippen LogP contribution >= 0.6 is 0 Å². The Bertz CT molecular complexity index is 878. The van der Waals surface area contributed by atoms with Gasteiger partial charge in [-0.25, -0.2) is 4.68 Å². The molecule has 0 saturated heterocycles. The first-order chi connectivity index (χ1) is 12.0. The van der Waals surface area contributed by atoms with Gasteiger partial charge >= 0.3 is 0 Å². The van der Waals surface area contributed by atoms with Crippen LogP contribution in [0.2, 0.25) is 0 Å². The SMILES string of the molecule is CC[C@@H](C)NC(=O)c1cc(-c2ccco2)nn1-c1ccc(C)cc1C. The first kappa shape index (κ1) is 17.0. The van der Waals surface area contributed by atoms with Gasteiger partial charge in [0, 0.05) is 12.1 Å². The van der Waals surface area contributed by atoms with E-state index in [0.29, 0.717) is 17.1 Å². The van der Waals surface area contributed by atoms with E-state index in [4.69, 9.17) is 4.42 Å². The highest BCUT2D eigenvalue weighted by atomic mass is 16.3. The molecule has 3 rings (SSSR count). The van der Waals surface area contributed by atoms with E-state index in [1.165, 1.54) is 5.56 Å². The van der Waals surface area contributed by atoms with Gasteiger partial charge in [-0.2, -0.15) is 5.10 Å². The van der Waals surface area contributed by atoms with Crippen molar-refractivity contribution in [1.82, 2.24) is 15.1 Å². The van der Waals surface area contributed by atoms with Gasteiger partial charge in [0.1, 0.15) is 11.4 Å². The number of carbonyl (C=O) groups is 1. The van der Waals surface area contributed by atoms with Gasteiger partial charge in [-0.15, -0.1) is 0 Å². The third kappa shape index (κ3) is 3.50. The van der Waals surface area contributed by atoms with E-state index < -0.39 is 0 Å². The van der Waals surface area contributed by atoms with Crippen molar-refractivity contribution >= 4 is 5.91 Å². The molecule has 2 heterocycles. The molecule has 0 aliphatic heterocycles. The molecule has 0 unspecified atom stereocenters. The molecular weight excluding hydrogens is 314 g/mol. The maximum Gasteiger partial charge on any atom is 0.270 e. The van der Waals surface area contributed by atoms with Crippen LogP contribution in [0.3, 0.4) is 0 Å². The maximum absolute atomic E-state index is 12.8. The zero-order chi connectivity index (χ0) is 18.0. The minimum Gasteiger partial charge on any atom is -0.463 e. The van der Waals surface area contributed by atoms with Crippen LogP contribution in [-0.4, -0.2) is 21.7 Å². The minimum atomic E-state index is -0.139. The quantitative estimate of drug-likeness (QED) is 0.756. The number of nitrogens with zero attached hydrogens (tertiary/aromatic N) is 2. The second-order valence-electron chi connectivity index (χ2n) is 6.38. The number of nitrogens with one attached hydrogen (secondary N) is 1. The summed E-state index contributed by atoms with van der Waals surface area (Å²) in [4.78, 5) is 12.8. The average Bonchev–Trinajstić information content (AvgIpc) is 3.24. The van der Waals surface area contributed by atoms with E-state index in [1.807, 2.05) is 52.0 Å². The van der Waals surface area contributed by atoms with Gasteiger partial charge in [0.25, 0.3) is 5.91 Å². The molecule has 5 heteroatoms. The lowest BCUT2D eigenvalue weighted by molar-refractivity contribution is 0.0931. The van der Waals surface area contributed by atoms with Crippen molar-refractivity contribution in [2.75, 3.05) is 0 Å². The van der Waals surface area contributed by atoms with Crippen LogP contribution in [0.15, 0.2) is 47.1 Å². The first-order valence-electron chi connectivity index (χ1n) is 8.52. The molecule has 0 radical (unpaired) electrons. The molecule has 0 aliphatic rings. The van der Waals surface area contributed by atoms with Crippen LogP contribution in [-0.2, 0) is 0 Å². The number of furan rings is 1. The summed E-state index contributed by atoms with van der Waals surface area (Å²) in [6.45, 7) is 8.10. The number of hydrogen-bond acceptors (Lipinski definition) is 3. The molecule has 130 valence electrons. The van der Waals surface area contributed by atoms with Crippen LogP contribution in [0.4, 0.5) is 0 Å². The van der Waals surface area contributed by atoms with Crippen molar-refractivity contribution in [2.24, 2.45) is 0 Å². The van der Waals surface area contributed by atoms with Crippen LogP contribution in [0, 0.1) is 13.8 Å². The summed E-state index contributed by atoms with van der Waals surface area (Å²) in [5, 5.41) is 7.64. The van der Waals surface area contributed by atoms with Crippen LogP contribution in [0.5, 0.6) is 0 Å². The minimum absolute atomic E-state index is 0.0991. The average molecular weight is 337 g/mol. The number of rotatable bonds is 5. The summed E-state index contributed by atoms with van der Waals surface area (Å²) in [7, 11) is 0. The van der Waals surface area contributed by atoms with Gasteiger partial charge in [0.2, 0.25) is 0 Å². The van der Waals surface area contributed by atoms with Gasteiger partial charge < -0.3 is 9.73 Å². The zero-order valence-corrected chi connectivity index (χ0v) is 15.0. The fourth-order valence-electron chi connectivity index (χ4n) is 2.71. The van der Waals surface area contributed by atoms with Crippen molar-refractivity contribution < 1.29 is 9.21 Å². The van der Waals surface area contributed by atoms with E-state index in [9.17, 15) is 4.79 Å². The predicted molar refractivity (Wildman–Crippen MR) is 98.0 cm³/mol. The molecule has 0 aliphatic carbocycles. The van der Waals surface area contributed by atoms with Crippen molar-refractivity contribution in [3.63, 3.8) is 0 Å². The summed E-state index contributed by atoms with van der Waals surface area (Å²) in [5.41, 5.74) is 4.26. The van der Waals surface area contributed by atoms with Crippen LogP contribution in [0.1, 0.15) is 41.9 Å². The van der Waals surface area contributed by atoms with E-state index in [-0.39, 0.29) is 11.9 Å². The Labute approximate surface area is 147 Å². The summed E-state index contributed by atoms with van der Waals surface area (Å²) >= 11 is 0. The van der Waals surface area contributed by atoms with E-state index in [0.717, 1.165) is 17.7 Å². The predicted octanol–water partition coefficient (Wildman–Crippen LogP) is 4.28. The van der Waals surface area contributed by atoms with Gasteiger partial charge in [-0.3, -0.25) is 4.79 Å². The smallest absolute Gasteiger partial charge is 0.270 e. The Morgan fingerprint density at radius 2 is 2.08 bits per heavy atom. The third-order valence-corrected chi connectivity index (χ3v) is 4.29. The molecule has 2 aromatic heterocycles. The van der Waals surface area contributed by atoms with Gasteiger partial charge in [0.15, 0.2) is 5.76 Å². The standard InChI is InChI=1S/C20H23N3O2/c1-5-15(4)21-20(24)18-12-16(19-7-6-10-25-19)22-23(18)17-9-8-13(2)11-14(17)3/h6-12,15H,5H2,1-4H3,(H,21,24)/t15-/m1/s1. The number of benzene rings is 1. The van der Waals surface area contributed by atoms with Crippen molar-refractivity contribution in [3.8, 4) is 17.1 Å². The number of aryl methyl sites for hydroxylation is 2. The van der Waals surface area contributed by atoms with Gasteiger partial charge in [0.05, 0.1) is 12.0 Å². The van der Waals surface area contributed by atoms with Crippen LogP contribution in [0.25, 0.3) is 17.1 Å². The molecule has 3 aromatic rings. The van der Waals surface area contributed by atoms with E-state index >= 15 is 0 Å². The molecule has 1 atom stereocenters. The highest BCUT2D eigenvalue weighted by molar-refractivity contribution is 5.94. The molecule has 1 aromatic carbocycles. The number of amides is 1. The number of carbonyl (C=O) groups excluding carboxylic acids is 1. The lowest BCUT2D eigenvalue weighted by Crippen LogP contribution is -2.33. The zero-order valence-electron chi connectivity index (χ0n) is 15.0. The molecule has 0 saturated carbocycles. The molecule has 0 bridgehead atoms. The summed E-state index contributed by atoms with van der Waals surface area (Å²) in [6, 6.07) is 11.6. The second kappa shape index (κ2) is 6.97. The molecule has 0 spiro atoms. The fraction of sp³-hybridized carbons (Fsp3) is 0.300. The lowest BCUT2D eigenvalue weighted by atomic mass is 10.1. The molecule has 25 heavy (non-hydrogen) atoms. The maximum atomic E-state index is 12.8. The largest absolute Gasteiger partial charge is 0.463 e. The number of hydrogen-bond donors (Lipinski definition) is 1. The van der Waals surface area contributed by atoms with Crippen molar-refractivity contribution in [3.05, 3.63) is 59.5 Å². The molecule has 1 N–H and O–H groups in total. The molecule has 5 nitrogen and oxygen atoms in total. The molecular formula is C20H23N3O2. The highest BCUT2D eigenvalue weighted by Gasteiger charge is 2.20. The topological polar surface area (TPSA) is 60.1 Å². The summed E-state index contributed by atoms with van der Waals surface area (Å²) in [5.74, 6) is 0.501. The molecule has 1 amide bonds. The Morgan fingerprint density at radius 3 is 2.72 bits per heavy atom. The second-order valence-corrected chi connectivity index (χ2v) is 6.38. The first-order valence-corrected chi connectivity index (χ1v) is 8.52. The Hall–Kier alpha value is -2.82. The fourth-order valence-corrected chi connectivity index (χ4v) is 2.71. The monoisotopic (exact) mass is 337 g/mol. The Balaban J connectivity index is 2.10. The number of aromatic nitrogens is 2. The normalized spacial score (nSPS) is 12.2. The van der Waals surface area contributed by atoms with Crippen LogP contribution < -0.4 is 5.32 Å². The molecule has 0 fully saturated rings. The van der Waals surface area contributed by atoms with Gasteiger partial charge in [-0.05, 0) is 51.0 Å². The van der Waals surface area contributed by atoms with Crippen molar-refractivity contribution in [1.29, 1.82) is 0 Å². The van der Waals surface area contributed by atoms with Crippen molar-refractivity contribution in [2.45, 2.75) is 40.2 Å². The van der Waals surface area contributed by atoms with Gasteiger partial charge in [-0.1, -0.05) is 24.6 Å². The van der Waals surface area contributed by atoms with E-state index in [2.05, 4.69) is 16.5 Å².